The summed E-state index contributed by atoms with van der Waals surface area (Å²) in [5, 5.41) is 0. The summed E-state index contributed by atoms with van der Waals surface area (Å²) in [4.78, 5) is 22.6. The van der Waals surface area contributed by atoms with Crippen LogP contribution in [0.4, 0.5) is 0 Å². The van der Waals surface area contributed by atoms with Gasteiger partial charge in [-0.2, -0.15) is 0 Å². The number of ether oxygens (including phenoxy) is 1. The van der Waals surface area contributed by atoms with E-state index in [9.17, 15) is 4.79 Å². The van der Waals surface area contributed by atoms with Gasteiger partial charge in [-0.1, -0.05) is 20.8 Å². The Morgan fingerprint density at radius 1 is 1.37 bits per heavy atom. The lowest BCUT2D eigenvalue weighted by Crippen LogP contribution is -2.16. The molecule has 3 heterocycles. The number of rotatable bonds is 2. The van der Waals surface area contributed by atoms with E-state index in [1.807, 2.05) is 4.57 Å². The third kappa shape index (κ3) is 1.78. The Labute approximate surface area is 110 Å². The average molecular weight is 262 g/mol. The third-order valence-electron chi connectivity index (χ3n) is 4.22. The molecule has 0 amide bonds. The van der Waals surface area contributed by atoms with E-state index in [4.69, 9.17) is 4.74 Å². The van der Waals surface area contributed by atoms with Crippen LogP contribution in [0.25, 0.3) is 11.2 Å². The van der Waals surface area contributed by atoms with Gasteiger partial charge in [0.15, 0.2) is 11.2 Å². The SMILES string of the molecule is CC[C@H]1O[C@@H](n2cnc3c(=O)[nH]cnc32)C(C)[C@@H]1C. The smallest absolute Gasteiger partial charge is 0.278 e. The minimum absolute atomic E-state index is 0.0979. The van der Waals surface area contributed by atoms with Crippen LogP contribution in [0.15, 0.2) is 17.4 Å². The zero-order valence-corrected chi connectivity index (χ0v) is 11.3. The number of fused-ring (bicyclic) bond motifs is 1. The summed E-state index contributed by atoms with van der Waals surface area (Å²) in [5.74, 6) is 0.845. The van der Waals surface area contributed by atoms with E-state index in [-0.39, 0.29) is 17.9 Å². The van der Waals surface area contributed by atoms with Crippen LogP contribution in [0.1, 0.15) is 33.4 Å². The van der Waals surface area contributed by atoms with Gasteiger partial charge in [0.2, 0.25) is 0 Å². The maximum atomic E-state index is 11.7. The van der Waals surface area contributed by atoms with Crippen LogP contribution >= 0.6 is 0 Å². The normalized spacial score (nSPS) is 31.1. The predicted molar refractivity (Wildman–Crippen MR) is 70.7 cm³/mol. The Bertz CT molecular complexity index is 647. The van der Waals surface area contributed by atoms with Gasteiger partial charge in [0.1, 0.15) is 6.23 Å². The standard InChI is InChI=1S/C13H18N4O2/c1-4-9-7(2)8(3)13(19-9)17-6-16-10-11(17)14-5-15-12(10)18/h5-9,13H,4H2,1-3H3,(H,14,15,18)/t7-,8?,9+,13+/m0/s1. The molecule has 0 aliphatic carbocycles. The van der Waals surface area contributed by atoms with Crippen molar-refractivity contribution in [3.63, 3.8) is 0 Å². The molecular formula is C13H18N4O2. The van der Waals surface area contributed by atoms with Crippen LogP contribution in [0.2, 0.25) is 0 Å². The van der Waals surface area contributed by atoms with Crippen molar-refractivity contribution in [2.24, 2.45) is 11.8 Å². The first kappa shape index (κ1) is 12.3. The molecule has 3 rings (SSSR count). The number of hydrogen-bond donors (Lipinski definition) is 1. The number of nitrogens with zero attached hydrogens (tertiary/aromatic N) is 3. The highest BCUT2D eigenvalue weighted by Crippen LogP contribution is 2.40. The Morgan fingerprint density at radius 2 is 2.16 bits per heavy atom. The Hall–Kier alpha value is -1.69. The van der Waals surface area contributed by atoms with Crippen molar-refractivity contribution in [3.05, 3.63) is 23.0 Å². The zero-order chi connectivity index (χ0) is 13.6. The first-order valence-electron chi connectivity index (χ1n) is 6.69. The summed E-state index contributed by atoms with van der Waals surface area (Å²) < 4.78 is 7.97. The van der Waals surface area contributed by atoms with Crippen LogP contribution in [0.3, 0.4) is 0 Å². The highest BCUT2D eigenvalue weighted by molar-refractivity contribution is 5.68. The quantitative estimate of drug-likeness (QED) is 0.894. The molecule has 2 aromatic rings. The zero-order valence-electron chi connectivity index (χ0n) is 11.3. The highest BCUT2D eigenvalue weighted by Gasteiger charge is 2.39. The number of aromatic nitrogens is 4. The van der Waals surface area contributed by atoms with E-state index in [0.717, 1.165) is 6.42 Å². The molecule has 6 nitrogen and oxygen atoms in total. The molecule has 1 saturated heterocycles. The second kappa shape index (κ2) is 4.45. The van der Waals surface area contributed by atoms with Gasteiger partial charge >= 0.3 is 0 Å². The maximum absolute atomic E-state index is 11.7. The van der Waals surface area contributed by atoms with Crippen LogP contribution in [-0.2, 0) is 4.74 Å². The molecule has 4 atom stereocenters. The van der Waals surface area contributed by atoms with Crippen molar-refractivity contribution >= 4 is 11.2 Å². The highest BCUT2D eigenvalue weighted by atomic mass is 16.5. The predicted octanol–water partition coefficient (Wildman–Crippen LogP) is 1.70. The van der Waals surface area contributed by atoms with Crippen molar-refractivity contribution in [1.82, 2.24) is 19.5 Å². The molecule has 0 aromatic carbocycles. The molecule has 1 N–H and O–H groups in total. The summed E-state index contributed by atoms with van der Waals surface area (Å²) in [6.45, 7) is 6.51. The molecule has 0 bridgehead atoms. The number of nitrogens with one attached hydrogen (secondary N) is 1. The fourth-order valence-electron chi connectivity index (χ4n) is 2.86. The minimum Gasteiger partial charge on any atom is -0.354 e. The maximum Gasteiger partial charge on any atom is 0.278 e. The second-order valence-corrected chi connectivity index (χ2v) is 5.25. The number of imidazole rings is 1. The summed E-state index contributed by atoms with van der Waals surface area (Å²) in [7, 11) is 0. The van der Waals surface area contributed by atoms with Crippen molar-refractivity contribution in [2.75, 3.05) is 0 Å². The summed E-state index contributed by atoms with van der Waals surface area (Å²) in [5.41, 5.74) is 0.741. The summed E-state index contributed by atoms with van der Waals surface area (Å²) in [6, 6.07) is 0. The second-order valence-electron chi connectivity index (χ2n) is 5.25. The lowest BCUT2D eigenvalue weighted by atomic mass is 9.91. The molecule has 0 spiro atoms. The number of aromatic amines is 1. The lowest BCUT2D eigenvalue weighted by Gasteiger charge is -2.17. The van der Waals surface area contributed by atoms with Gasteiger partial charge in [-0.05, 0) is 12.3 Å². The number of H-pyrrole nitrogens is 1. The molecule has 1 aliphatic rings. The molecule has 102 valence electrons. The summed E-state index contributed by atoms with van der Waals surface area (Å²) in [6.07, 6.45) is 4.20. The van der Waals surface area contributed by atoms with Crippen molar-refractivity contribution < 1.29 is 4.74 Å². The van der Waals surface area contributed by atoms with Gasteiger partial charge in [0.25, 0.3) is 5.56 Å². The fraction of sp³-hybridized carbons (Fsp3) is 0.615. The monoisotopic (exact) mass is 262 g/mol. The first-order valence-corrected chi connectivity index (χ1v) is 6.69. The van der Waals surface area contributed by atoms with E-state index in [1.165, 1.54) is 6.33 Å². The van der Waals surface area contributed by atoms with E-state index in [0.29, 0.717) is 23.0 Å². The Kier molecular flexibility index (Phi) is 2.89. The first-order chi connectivity index (χ1) is 9.13. The topological polar surface area (TPSA) is 72.8 Å². The average Bonchev–Trinajstić information content (AvgIpc) is 2.94. The van der Waals surface area contributed by atoms with Gasteiger partial charge < -0.3 is 9.72 Å². The Balaban J connectivity index is 2.06. The van der Waals surface area contributed by atoms with E-state index in [1.54, 1.807) is 6.33 Å². The van der Waals surface area contributed by atoms with Crippen LogP contribution < -0.4 is 5.56 Å². The molecule has 1 aliphatic heterocycles. The minimum atomic E-state index is -0.213. The van der Waals surface area contributed by atoms with Crippen molar-refractivity contribution in [3.8, 4) is 0 Å². The van der Waals surface area contributed by atoms with E-state index in [2.05, 4.69) is 35.7 Å². The van der Waals surface area contributed by atoms with Crippen molar-refractivity contribution in [2.45, 2.75) is 39.5 Å². The van der Waals surface area contributed by atoms with Gasteiger partial charge in [0.05, 0.1) is 18.8 Å². The molecule has 1 fully saturated rings. The van der Waals surface area contributed by atoms with Crippen molar-refractivity contribution in [1.29, 1.82) is 0 Å². The van der Waals surface area contributed by atoms with Crippen LogP contribution in [0.5, 0.6) is 0 Å². The van der Waals surface area contributed by atoms with E-state index >= 15 is 0 Å². The lowest BCUT2D eigenvalue weighted by molar-refractivity contribution is -0.0120. The summed E-state index contributed by atoms with van der Waals surface area (Å²) >= 11 is 0. The van der Waals surface area contributed by atoms with Gasteiger partial charge in [-0.3, -0.25) is 9.36 Å². The Morgan fingerprint density at radius 3 is 2.84 bits per heavy atom. The van der Waals surface area contributed by atoms with Gasteiger partial charge in [-0.15, -0.1) is 0 Å². The van der Waals surface area contributed by atoms with E-state index < -0.39 is 0 Å². The molecule has 19 heavy (non-hydrogen) atoms. The number of hydrogen-bond acceptors (Lipinski definition) is 4. The fourth-order valence-corrected chi connectivity index (χ4v) is 2.86. The van der Waals surface area contributed by atoms with Crippen LogP contribution in [0, 0.1) is 11.8 Å². The van der Waals surface area contributed by atoms with Crippen LogP contribution in [-0.4, -0.2) is 25.6 Å². The van der Waals surface area contributed by atoms with Gasteiger partial charge in [0, 0.05) is 5.92 Å². The molecule has 1 unspecified atom stereocenters. The largest absolute Gasteiger partial charge is 0.354 e. The molecule has 0 radical (unpaired) electrons. The molecular weight excluding hydrogens is 244 g/mol. The molecule has 6 heteroatoms. The molecule has 2 aromatic heterocycles. The van der Waals surface area contributed by atoms with Gasteiger partial charge in [-0.25, -0.2) is 9.97 Å². The molecule has 0 saturated carbocycles. The third-order valence-corrected chi connectivity index (χ3v) is 4.22.